The molecule has 2 aromatic carbocycles. The lowest BCUT2D eigenvalue weighted by Crippen LogP contribution is -2.08. The SMILES string of the molecule is COc1cc(C=NNc2ccc(Br)cc2C(=O)O)cc(I)c1OC(C)C. The molecule has 0 amide bonds. The molecule has 0 aliphatic heterocycles. The van der Waals surface area contributed by atoms with Crippen molar-refractivity contribution in [2.24, 2.45) is 5.10 Å². The van der Waals surface area contributed by atoms with Gasteiger partial charge >= 0.3 is 5.97 Å². The minimum Gasteiger partial charge on any atom is -0.493 e. The summed E-state index contributed by atoms with van der Waals surface area (Å²) in [6.07, 6.45) is 1.63. The molecule has 0 heterocycles. The Morgan fingerprint density at radius 1 is 1.35 bits per heavy atom. The number of carboxylic acid groups (broad SMARTS) is 1. The van der Waals surface area contributed by atoms with E-state index in [2.05, 4.69) is 49.0 Å². The third kappa shape index (κ3) is 5.34. The van der Waals surface area contributed by atoms with Gasteiger partial charge in [0.1, 0.15) is 0 Å². The third-order valence-corrected chi connectivity index (χ3v) is 4.51. The van der Waals surface area contributed by atoms with Gasteiger partial charge in [-0.05, 0) is 72.3 Å². The number of hydrogen-bond donors (Lipinski definition) is 2. The second-order valence-corrected chi connectivity index (χ2v) is 7.64. The molecule has 26 heavy (non-hydrogen) atoms. The highest BCUT2D eigenvalue weighted by molar-refractivity contribution is 14.1. The Morgan fingerprint density at radius 3 is 2.69 bits per heavy atom. The van der Waals surface area contributed by atoms with Gasteiger partial charge in [-0.15, -0.1) is 0 Å². The molecule has 0 spiro atoms. The highest BCUT2D eigenvalue weighted by atomic mass is 127. The monoisotopic (exact) mass is 532 g/mol. The Labute approximate surface area is 173 Å². The van der Waals surface area contributed by atoms with E-state index in [1.807, 2.05) is 26.0 Å². The second-order valence-electron chi connectivity index (χ2n) is 5.57. The lowest BCUT2D eigenvalue weighted by atomic mass is 10.2. The van der Waals surface area contributed by atoms with E-state index >= 15 is 0 Å². The number of hydrogen-bond acceptors (Lipinski definition) is 5. The number of carboxylic acids is 1. The van der Waals surface area contributed by atoms with Crippen LogP contribution in [-0.2, 0) is 0 Å². The van der Waals surface area contributed by atoms with Crippen molar-refractivity contribution in [3.63, 3.8) is 0 Å². The first kappa shape index (κ1) is 20.5. The van der Waals surface area contributed by atoms with Gasteiger partial charge in [-0.1, -0.05) is 15.9 Å². The molecule has 0 saturated heterocycles. The molecule has 0 aliphatic rings. The molecule has 2 N–H and O–H groups in total. The van der Waals surface area contributed by atoms with Crippen molar-refractivity contribution in [3.05, 3.63) is 49.5 Å². The van der Waals surface area contributed by atoms with E-state index in [9.17, 15) is 9.90 Å². The van der Waals surface area contributed by atoms with Crippen LogP contribution in [0.5, 0.6) is 11.5 Å². The average molecular weight is 533 g/mol. The number of rotatable bonds is 7. The molecule has 0 aliphatic carbocycles. The third-order valence-electron chi connectivity index (χ3n) is 3.22. The lowest BCUT2D eigenvalue weighted by Gasteiger charge is -2.15. The average Bonchev–Trinajstić information content (AvgIpc) is 2.57. The Balaban J connectivity index is 2.24. The van der Waals surface area contributed by atoms with Crippen LogP contribution >= 0.6 is 38.5 Å². The number of ether oxygens (including phenoxy) is 2. The number of carbonyl (C=O) groups is 1. The molecule has 0 saturated carbocycles. The van der Waals surface area contributed by atoms with Crippen LogP contribution in [0.2, 0.25) is 0 Å². The summed E-state index contributed by atoms with van der Waals surface area (Å²) in [4.78, 5) is 11.3. The maximum absolute atomic E-state index is 11.3. The molecule has 6 nitrogen and oxygen atoms in total. The Bertz CT molecular complexity index is 840. The number of benzene rings is 2. The van der Waals surface area contributed by atoms with E-state index in [0.717, 1.165) is 9.13 Å². The number of anilines is 1. The fraction of sp³-hybridized carbons (Fsp3) is 0.222. The molecular formula is C18H18BrIN2O4. The molecule has 0 radical (unpaired) electrons. The van der Waals surface area contributed by atoms with Crippen molar-refractivity contribution in [1.82, 2.24) is 0 Å². The van der Waals surface area contributed by atoms with Gasteiger partial charge < -0.3 is 14.6 Å². The van der Waals surface area contributed by atoms with E-state index in [0.29, 0.717) is 21.7 Å². The number of nitrogens with zero attached hydrogens (tertiary/aromatic N) is 1. The van der Waals surface area contributed by atoms with Crippen molar-refractivity contribution >= 4 is 56.4 Å². The summed E-state index contributed by atoms with van der Waals surface area (Å²) in [6, 6.07) is 8.63. The van der Waals surface area contributed by atoms with Crippen LogP contribution in [0.4, 0.5) is 5.69 Å². The summed E-state index contributed by atoms with van der Waals surface area (Å²) in [5.74, 6) is 0.270. The molecule has 0 unspecified atom stereocenters. The molecule has 0 bridgehead atoms. The van der Waals surface area contributed by atoms with Crippen LogP contribution < -0.4 is 14.9 Å². The maximum Gasteiger partial charge on any atom is 0.337 e. The van der Waals surface area contributed by atoms with Crippen molar-refractivity contribution in [2.75, 3.05) is 12.5 Å². The summed E-state index contributed by atoms with van der Waals surface area (Å²) < 4.78 is 12.8. The van der Waals surface area contributed by atoms with Gasteiger partial charge in [0.05, 0.1) is 34.2 Å². The van der Waals surface area contributed by atoms with E-state index < -0.39 is 5.97 Å². The summed E-state index contributed by atoms with van der Waals surface area (Å²) in [5.41, 5.74) is 4.09. The van der Waals surface area contributed by atoms with Gasteiger partial charge in [0.2, 0.25) is 0 Å². The van der Waals surface area contributed by atoms with Crippen molar-refractivity contribution in [2.45, 2.75) is 20.0 Å². The summed E-state index contributed by atoms with van der Waals surface area (Å²) in [7, 11) is 1.58. The van der Waals surface area contributed by atoms with E-state index in [1.54, 1.807) is 25.5 Å². The summed E-state index contributed by atoms with van der Waals surface area (Å²) >= 11 is 5.44. The van der Waals surface area contributed by atoms with Crippen LogP contribution in [0.3, 0.4) is 0 Å². The predicted octanol–water partition coefficient (Wildman–Crippen LogP) is 4.99. The zero-order chi connectivity index (χ0) is 19.3. The van der Waals surface area contributed by atoms with Gasteiger partial charge in [-0.3, -0.25) is 5.43 Å². The Hall–Kier alpha value is -1.81. The largest absolute Gasteiger partial charge is 0.493 e. The number of hydrazone groups is 1. The van der Waals surface area contributed by atoms with Crippen LogP contribution in [0.15, 0.2) is 39.9 Å². The Kier molecular flexibility index (Phi) is 7.27. The number of nitrogens with one attached hydrogen (secondary N) is 1. The van der Waals surface area contributed by atoms with E-state index in [4.69, 9.17) is 9.47 Å². The summed E-state index contributed by atoms with van der Waals surface area (Å²) in [6.45, 7) is 3.90. The van der Waals surface area contributed by atoms with Crippen molar-refractivity contribution in [1.29, 1.82) is 0 Å². The lowest BCUT2D eigenvalue weighted by molar-refractivity contribution is 0.0698. The smallest absolute Gasteiger partial charge is 0.337 e. The molecule has 0 fully saturated rings. The van der Waals surface area contributed by atoms with Gasteiger partial charge in [0.25, 0.3) is 0 Å². The summed E-state index contributed by atoms with van der Waals surface area (Å²) in [5, 5.41) is 13.4. The first-order valence-corrected chi connectivity index (χ1v) is 9.55. The van der Waals surface area contributed by atoms with Crippen molar-refractivity contribution in [3.8, 4) is 11.5 Å². The molecule has 2 aromatic rings. The zero-order valence-corrected chi connectivity index (χ0v) is 18.2. The number of halogens is 2. The minimum atomic E-state index is -1.03. The quantitative estimate of drug-likeness (QED) is 0.298. The van der Waals surface area contributed by atoms with Crippen LogP contribution in [-0.4, -0.2) is 30.5 Å². The minimum absolute atomic E-state index is 0.0328. The van der Waals surface area contributed by atoms with Gasteiger partial charge in [-0.25, -0.2) is 4.79 Å². The fourth-order valence-corrected chi connectivity index (χ4v) is 3.25. The number of methoxy groups -OCH3 is 1. The second kappa shape index (κ2) is 9.22. The standard InChI is InChI=1S/C18H18BrIN2O4/c1-10(2)26-17-14(20)6-11(7-16(17)25-3)9-21-22-15-5-4-12(19)8-13(15)18(23)24/h4-10,22H,1-3H3,(H,23,24). The normalized spacial score (nSPS) is 11.0. The molecule has 2 rings (SSSR count). The predicted molar refractivity (Wildman–Crippen MR) is 114 cm³/mol. The molecule has 138 valence electrons. The van der Waals surface area contributed by atoms with Gasteiger partial charge in [-0.2, -0.15) is 5.10 Å². The molecule has 0 atom stereocenters. The van der Waals surface area contributed by atoms with Crippen LogP contribution in [0.1, 0.15) is 29.8 Å². The zero-order valence-electron chi connectivity index (χ0n) is 14.4. The maximum atomic E-state index is 11.3. The molecular weight excluding hydrogens is 515 g/mol. The Morgan fingerprint density at radius 2 is 2.08 bits per heavy atom. The van der Waals surface area contributed by atoms with Crippen molar-refractivity contribution < 1.29 is 19.4 Å². The highest BCUT2D eigenvalue weighted by Gasteiger charge is 2.13. The first-order valence-electron chi connectivity index (χ1n) is 7.68. The van der Waals surface area contributed by atoms with Gasteiger partial charge in [0, 0.05) is 4.47 Å². The van der Waals surface area contributed by atoms with E-state index in [-0.39, 0.29) is 11.7 Å². The van der Waals surface area contributed by atoms with E-state index in [1.165, 1.54) is 6.07 Å². The van der Waals surface area contributed by atoms with Crippen LogP contribution in [0.25, 0.3) is 0 Å². The molecule has 8 heteroatoms. The molecule has 0 aromatic heterocycles. The highest BCUT2D eigenvalue weighted by Crippen LogP contribution is 2.34. The first-order chi connectivity index (χ1) is 12.3. The topological polar surface area (TPSA) is 80.2 Å². The van der Waals surface area contributed by atoms with Crippen LogP contribution in [0, 0.1) is 3.57 Å². The van der Waals surface area contributed by atoms with Gasteiger partial charge in [0.15, 0.2) is 11.5 Å². The fourth-order valence-electron chi connectivity index (χ4n) is 2.13. The number of aromatic carboxylic acids is 1.